The smallest absolute Gasteiger partial charge is 0.269 e. The fourth-order valence-electron chi connectivity index (χ4n) is 2.48. The number of carbonyl (C=O) groups is 1. The average Bonchev–Trinajstić information content (AvgIpc) is 2.64. The quantitative estimate of drug-likeness (QED) is 0.536. The summed E-state index contributed by atoms with van der Waals surface area (Å²) in [5.41, 5.74) is 1.24. The van der Waals surface area contributed by atoms with Crippen molar-refractivity contribution >= 4 is 28.9 Å². The lowest BCUT2D eigenvalue weighted by Crippen LogP contribution is -2.22. The molecule has 0 aliphatic heterocycles. The average molecular weight is 384 g/mol. The zero-order chi connectivity index (χ0) is 19.4. The van der Waals surface area contributed by atoms with Crippen molar-refractivity contribution in [1.82, 2.24) is 4.57 Å². The van der Waals surface area contributed by atoms with E-state index in [4.69, 9.17) is 11.6 Å². The molecule has 0 bridgehead atoms. The van der Waals surface area contributed by atoms with Gasteiger partial charge in [0.1, 0.15) is 0 Å². The van der Waals surface area contributed by atoms with Crippen LogP contribution in [-0.2, 0) is 6.54 Å². The van der Waals surface area contributed by atoms with Gasteiger partial charge in [0.05, 0.1) is 17.0 Å². The predicted octanol–water partition coefficient (Wildman–Crippen LogP) is 3.71. The number of nitrogens with zero attached hydrogens (tertiary/aromatic N) is 2. The van der Waals surface area contributed by atoms with Gasteiger partial charge in [-0.2, -0.15) is 0 Å². The largest absolute Gasteiger partial charge is 0.322 e. The molecule has 2 aromatic carbocycles. The highest BCUT2D eigenvalue weighted by molar-refractivity contribution is 6.30. The molecule has 0 aliphatic carbocycles. The minimum Gasteiger partial charge on any atom is -0.322 e. The van der Waals surface area contributed by atoms with Crippen molar-refractivity contribution in [2.24, 2.45) is 0 Å². The Morgan fingerprint density at radius 1 is 1.11 bits per heavy atom. The van der Waals surface area contributed by atoms with Gasteiger partial charge in [0.25, 0.3) is 17.2 Å². The molecule has 0 spiro atoms. The topological polar surface area (TPSA) is 94.2 Å². The number of non-ortho nitro benzene ring substituents is 1. The molecule has 0 radical (unpaired) electrons. The lowest BCUT2D eigenvalue weighted by Gasteiger charge is -2.09. The van der Waals surface area contributed by atoms with Crippen molar-refractivity contribution in [2.45, 2.75) is 6.54 Å². The zero-order valence-corrected chi connectivity index (χ0v) is 14.7. The Morgan fingerprint density at radius 3 is 2.52 bits per heavy atom. The second-order valence-corrected chi connectivity index (χ2v) is 6.21. The van der Waals surface area contributed by atoms with Crippen LogP contribution < -0.4 is 10.9 Å². The first-order valence-electron chi connectivity index (χ1n) is 7.93. The summed E-state index contributed by atoms with van der Waals surface area (Å²) in [6.45, 7) is 0.190. The van der Waals surface area contributed by atoms with Gasteiger partial charge in [0.2, 0.25) is 0 Å². The molecule has 0 saturated carbocycles. The SMILES string of the molecule is O=C(Nc1cccc(Cl)c1)c1ccc(=O)n(Cc2ccc([N+](=O)[O-])cc2)c1. The van der Waals surface area contributed by atoms with E-state index in [1.807, 2.05) is 0 Å². The maximum Gasteiger partial charge on any atom is 0.269 e. The van der Waals surface area contributed by atoms with E-state index in [-0.39, 0.29) is 23.7 Å². The van der Waals surface area contributed by atoms with Crippen LogP contribution in [-0.4, -0.2) is 15.4 Å². The van der Waals surface area contributed by atoms with Crippen LogP contribution in [0.4, 0.5) is 11.4 Å². The molecule has 8 heteroatoms. The minimum atomic E-state index is -0.489. The Labute approximate surface area is 159 Å². The monoisotopic (exact) mass is 383 g/mol. The van der Waals surface area contributed by atoms with Gasteiger partial charge in [-0.3, -0.25) is 19.7 Å². The first kappa shape index (κ1) is 18.3. The lowest BCUT2D eigenvalue weighted by molar-refractivity contribution is -0.384. The Kier molecular flexibility index (Phi) is 5.33. The third kappa shape index (κ3) is 4.59. The van der Waals surface area contributed by atoms with Gasteiger partial charge in [0, 0.05) is 35.1 Å². The molecule has 1 amide bonds. The number of anilines is 1. The van der Waals surface area contributed by atoms with Crippen molar-refractivity contribution < 1.29 is 9.72 Å². The number of rotatable bonds is 5. The third-order valence-corrected chi connectivity index (χ3v) is 4.06. The Hall–Kier alpha value is -3.45. The fraction of sp³-hybridized carbons (Fsp3) is 0.0526. The Bertz CT molecular complexity index is 1060. The number of nitro groups is 1. The van der Waals surface area contributed by atoms with Crippen LogP contribution in [0.1, 0.15) is 15.9 Å². The molecular weight excluding hydrogens is 370 g/mol. The van der Waals surface area contributed by atoms with Crippen molar-refractivity contribution in [3.8, 4) is 0 Å². The normalized spacial score (nSPS) is 10.4. The van der Waals surface area contributed by atoms with Gasteiger partial charge in [-0.15, -0.1) is 0 Å². The van der Waals surface area contributed by atoms with Crippen LogP contribution in [0, 0.1) is 10.1 Å². The molecule has 3 rings (SSSR count). The summed E-state index contributed by atoms with van der Waals surface area (Å²) in [6, 6.07) is 15.4. The van der Waals surface area contributed by atoms with E-state index in [1.54, 1.807) is 36.4 Å². The number of pyridine rings is 1. The summed E-state index contributed by atoms with van der Waals surface area (Å²) in [7, 11) is 0. The number of nitrogens with one attached hydrogen (secondary N) is 1. The van der Waals surface area contributed by atoms with E-state index in [0.29, 0.717) is 21.8 Å². The summed E-state index contributed by atoms with van der Waals surface area (Å²) in [4.78, 5) is 34.7. The number of benzene rings is 2. The standard InChI is InChI=1S/C19H14ClN3O4/c20-15-2-1-3-16(10-15)21-19(25)14-6-9-18(24)22(12-14)11-13-4-7-17(8-5-13)23(26)27/h1-10,12H,11H2,(H,21,25). The van der Waals surface area contributed by atoms with Crippen molar-refractivity contribution in [2.75, 3.05) is 5.32 Å². The first-order chi connectivity index (χ1) is 12.9. The highest BCUT2D eigenvalue weighted by Crippen LogP contribution is 2.16. The number of hydrogen-bond donors (Lipinski definition) is 1. The van der Waals surface area contributed by atoms with Crippen molar-refractivity contribution in [3.63, 3.8) is 0 Å². The Morgan fingerprint density at radius 2 is 1.85 bits per heavy atom. The first-order valence-corrected chi connectivity index (χ1v) is 8.31. The van der Waals surface area contributed by atoms with Crippen LogP contribution >= 0.6 is 11.6 Å². The van der Waals surface area contributed by atoms with Crippen LogP contribution in [0.5, 0.6) is 0 Å². The molecule has 0 saturated heterocycles. The van der Waals surface area contributed by atoms with Gasteiger partial charge >= 0.3 is 0 Å². The van der Waals surface area contributed by atoms with E-state index in [0.717, 1.165) is 0 Å². The van der Waals surface area contributed by atoms with E-state index < -0.39 is 4.92 Å². The summed E-state index contributed by atoms with van der Waals surface area (Å²) in [5.74, 6) is -0.380. The van der Waals surface area contributed by atoms with Gasteiger partial charge in [-0.25, -0.2) is 0 Å². The number of nitro benzene ring substituents is 1. The van der Waals surface area contributed by atoms with E-state index in [9.17, 15) is 19.7 Å². The molecule has 0 aliphatic rings. The van der Waals surface area contributed by atoms with E-state index in [1.165, 1.54) is 35.0 Å². The molecule has 136 valence electrons. The molecule has 1 heterocycles. The van der Waals surface area contributed by atoms with Crippen molar-refractivity contribution in [3.05, 3.63) is 103 Å². The second kappa shape index (κ2) is 7.84. The Balaban J connectivity index is 1.80. The number of carbonyl (C=O) groups excluding carboxylic acids is 1. The zero-order valence-electron chi connectivity index (χ0n) is 14.0. The van der Waals surface area contributed by atoms with E-state index in [2.05, 4.69) is 5.32 Å². The maximum absolute atomic E-state index is 12.4. The van der Waals surface area contributed by atoms with Crippen molar-refractivity contribution in [1.29, 1.82) is 0 Å². The van der Waals surface area contributed by atoms with Crippen LogP contribution in [0.15, 0.2) is 71.7 Å². The summed E-state index contributed by atoms with van der Waals surface area (Å²) >= 11 is 5.90. The molecule has 7 nitrogen and oxygen atoms in total. The summed E-state index contributed by atoms with van der Waals surface area (Å²) < 4.78 is 1.37. The molecule has 0 fully saturated rings. The molecule has 27 heavy (non-hydrogen) atoms. The van der Waals surface area contributed by atoms with Crippen LogP contribution in [0.25, 0.3) is 0 Å². The van der Waals surface area contributed by atoms with E-state index >= 15 is 0 Å². The van der Waals surface area contributed by atoms with Gasteiger partial charge in [-0.1, -0.05) is 29.8 Å². The third-order valence-electron chi connectivity index (χ3n) is 3.83. The van der Waals surface area contributed by atoms with Gasteiger partial charge in [-0.05, 0) is 29.8 Å². The second-order valence-electron chi connectivity index (χ2n) is 5.77. The number of hydrogen-bond acceptors (Lipinski definition) is 4. The number of halogens is 1. The molecular formula is C19H14ClN3O4. The number of amides is 1. The molecule has 0 unspecified atom stereocenters. The summed E-state index contributed by atoms with van der Waals surface area (Å²) in [5, 5.41) is 13.9. The van der Waals surface area contributed by atoms with Gasteiger partial charge in [0.15, 0.2) is 0 Å². The van der Waals surface area contributed by atoms with Gasteiger partial charge < -0.3 is 9.88 Å². The maximum atomic E-state index is 12.4. The number of aromatic nitrogens is 1. The highest BCUT2D eigenvalue weighted by Gasteiger charge is 2.10. The highest BCUT2D eigenvalue weighted by atomic mass is 35.5. The molecule has 1 N–H and O–H groups in total. The molecule has 0 atom stereocenters. The predicted molar refractivity (Wildman–Crippen MR) is 102 cm³/mol. The summed E-state index contributed by atoms with van der Waals surface area (Å²) in [6.07, 6.45) is 1.45. The molecule has 3 aromatic rings. The lowest BCUT2D eigenvalue weighted by atomic mass is 10.2. The fourth-order valence-corrected chi connectivity index (χ4v) is 2.67. The molecule has 1 aromatic heterocycles. The minimum absolute atomic E-state index is 0.0271. The van der Waals surface area contributed by atoms with Crippen LogP contribution in [0.2, 0.25) is 5.02 Å². The van der Waals surface area contributed by atoms with Crippen LogP contribution in [0.3, 0.4) is 0 Å².